The van der Waals surface area contributed by atoms with Crippen LogP contribution in [0.2, 0.25) is 0 Å². The minimum absolute atomic E-state index is 0.331. The first-order valence-corrected chi connectivity index (χ1v) is 9.67. The lowest BCUT2D eigenvalue weighted by Crippen LogP contribution is -2.45. The molecule has 0 aliphatic rings. The molecule has 0 aliphatic heterocycles. The molecule has 2 aromatic rings. The molecule has 0 spiro atoms. The highest BCUT2D eigenvalue weighted by Gasteiger charge is 2.26. The predicted octanol–water partition coefficient (Wildman–Crippen LogP) is 2.63. The molecule has 30 heavy (non-hydrogen) atoms. The van der Waals surface area contributed by atoms with E-state index >= 15 is 0 Å². The fourth-order valence-corrected chi connectivity index (χ4v) is 2.97. The van der Waals surface area contributed by atoms with Crippen LogP contribution < -0.4 is 11.1 Å². The van der Waals surface area contributed by atoms with Gasteiger partial charge in [0.05, 0.1) is 12.2 Å². The van der Waals surface area contributed by atoms with Gasteiger partial charge in [-0.15, -0.1) is 0 Å². The fourth-order valence-electron chi connectivity index (χ4n) is 2.97. The third kappa shape index (κ3) is 6.04. The van der Waals surface area contributed by atoms with Gasteiger partial charge < -0.3 is 10.5 Å². The SMILES string of the molecule is Cc1ccc(Cn2nc(C)c(/C=C/C(=O)OC(C(=O)NC(N)=O)C(C)C)c2C)cc1. The number of nitrogens with zero attached hydrogens (tertiary/aromatic N) is 2. The maximum Gasteiger partial charge on any atom is 0.331 e. The summed E-state index contributed by atoms with van der Waals surface area (Å²) in [6, 6.07) is 7.22. The van der Waals surface area contributed by atoms with Crippen molar-refractivity contribution in [2.45, 2.75) is 47.3 Å². The van der Waals surface area contributed by atoms with E-state index in [9.17, 15) is 14.4 Å². The second-order valence-electron chi connectivity index (χ2n) is 7.52. The number of urea groups is 1. The van der Waals surface area contributed by atoms with Crippen molar-refractivity contribution in [3.63, 3.8) is 0 Å². The largest absolute Gasteiger partial charge is 0.449 e. The van der Waals surface area contributed by atoms with Gasteiger partial charge in [0.25, 0.3) is 5.91 Å². The van der Waals surface area contributed by atoms with E-state index in [0.29, 0.717) is 6.54 Å². The Balaban J connectivity index is 2.12. The number of hydrogen-bond acceptors (Lipinski definition) is 5. The Morgan fingerprint density at radius 3 is 2.37 bits per heavy atom. The first-order chi connectivity index (χ1) is 14.1. The number of aromatic nitrogens is 2. The van der Waals surface area contributed by atoms with Crippen LogP contribution in [0.5, 0.6) is 0 Å². The third-order valence-electron chi connectivity index (χ3n) is 4.63. The maximum absolute atomic E-state index is 12.2. The molecule has 3 N–H and O–H groups in total. The van der Waals surface area contributed by atoms with E-state index in [2.05, 4.69) is 29.4 Å². The Labute approximate surface area is 176 Å². The molecule has 0 saturated heterocycles. The van der Waals surface area contributed by atoms with Crippen LogP contribution >= 0.6 is 0 Å². The Kier molecular flexibility index (Phi) is 7.52. The number of carbonyl (C=O) groups is 3. The molecule has 0 saturated carbocycles. The number of ether oxygens (including phenoxy) is 1. The Morgan fingerprint density at radius 1 is 1.17 bits per heavy atom. The summed E-state index contributed by atoms with van der Waals surface area (Å²) >= 11 is 0. The highest BCUT2D eigenvalue weighted by Crippen LogP contribution is 2.17. The molecular formula is C22H28N4O4. The molecule has 3 amide bonds. The van der Waals surface area contributed by atoms with Crippen LogP contribution in [-0.2, 0) is 20.9 Å². The van der Waals surface area contributed by atoms with E-state index < -0.39 is 24.0 Å². The molecule has 160 valence electrons. The summed E-state index contributed by atoms with van der Waals surface area (Å²) in [4.78, 5) is 35.1. The molecule has 2 rings (SSSR count). The van der Waals surface area contributed by atoms with Crippen LogP contribution in [0.25, 0.3) is 6.08 Å². The highest BCUT2D eigenvalue weighted by molar-refractivity contribution is 5.97. The van der Waals surface area contributed by atoms with Crippen molar-refractivity contribution in [1.82, 2.24) is 15.1 Å². The molecule has 1 aromatic carbocycles. The summed E-state index contributed by atoms with van der Waals surface area (Å²) < 4.78 is 7.09. The van der Waals surface area contributed by atoms with Crippen molar-refractivity contribution in [3.05, 3.63) is 58.4 Å². The average molecular weight is 412 g/mol. The van der Waals surface area contributed by atoms with Crippen LogP contribution in [0, 0.1) is 26.7 Å². The average Bonchev–Trinajstić information content (AvgIpc) is 2.92. The second kappa shape index (κ2) is 9.87. The molecule has 1 heterocycles. The molecule has 8 heteroatoms. The zero-order valence-corrected chi connectivity index (χ0v) is 17.9. The number of nitrogens with one attached hydrogen (secondary N) is 1. The molecule has 0 radical (unpaired) electrons. The molecule has 1 aromatic heterocycles. The van der Waals surface area contributed by atoms with E-state index in [1.165, 1.54) is 11.6 Å². The van der Waals surface area contributed by atoms with Crippen molar-refractivity contribution in [3.8, 4) is 0 Å². The van der Waals surface area contributed by atoms with Gasteiger partial charge in [0.2, 0.25) is 0 Å². The molecule has 0 fully saturated rings. The zero-order chi connectivity index (χ0) is 22.4. The Bertz CT molecular complexity index is 958. The topological polar surface area (TPSA) is 116 Å². The summed E-state index contributed by atoms with van der Waals surface area (Å²) in [5.41, 5.74) is 9.77. The van der Waals surface area contributed by atoms with Crippen LogP contribution in [-0.4, -0.2) is 33.8 Å². The lowest BCUT2D eigenvalue weighted by molar-refractivity contribution is -0.153. The number of carbonyl (C=O) groups excluding carboxylic acids is 3. The molecule has 8 nitrogen and oxygen atoms in total. The number of imide groups is 1. The summed E-state index contributed by atoms with van der Waals surface area (Å²) in [5, 5.41) is 6.49. The minimum atomic E-state index is -1.12. The third-order valence-corrected chi connectivity index (χ3v) is 4.63. The zero-order valence-electron chi connectivity index (χ0n) is 17.9. The van der Waals surface area contributed by atoms with E-state index in [1.54, 1.807) is 19.9 Å². The van der Waals surface area contributed by atoms with Gasteiger partial charge in [-0.25, -0.2) is 9.59 Å². The number of rotatable bonds is 7. The lowest BCUT2D eigenvalue weighted by Gasteiger charge is -2.18. The normalized spacial score (nSPS) is 12.2. The number of esters is 1. The Hall–Kier alpha value is -3.42. The van der Waals surface area contributed by atoms with Crippen molar-refractivity contribution in [2.75, 3.05) is 0 Å². The highest BCUT2D eigenvalue weighted by atomic mass is 16.5. The van der Waals surface area contributed by atoms with Gasteiger partial charge in [0.1, 0.15) is 0 Å². The van der Waals surface area contributed by atoms with Crippen molar-refractivity contribution in [1.29, 1.82) is 0 Å². The molecule has 0 aliphatic carbocycles. The van der Waals surface area contributed by atoms with E-state index in [1.807, 2.05) is 30.8 Å². The second-order valence-corrected chi connectivity index (χ2v) is 7.52. The summed E-state index contributed by atoms with van der Waals surface area (Å²) in [7, 11) is 0. The first-order valence-electron chi connectivity index (χ1n) is 9.67. The van der Waals surface area contributed by atoms with Crippen molar-refractivity contribution >= 4 is 24.0 Å². The van der Waals surface area contributed by atoms with Gasteiger partial charge in [-0.1, -0.05) is 43.7 Å². The number of aryl methyl sites for hydroxylation is 2. The molecule has 1 atom stereocenters. The minimum Gasteiger partial charge on any atom is -0.449 e. The van der Waals surface area contributed by atoms with Crippen LogP contribution in [0.1, 0.15) is 41.9 Å². The van der Waals surface area contributed by atoms with Gasteiger partial charge in [-0.3, -0.25) is 14.8 Å². The molecule has 1 unspecified atom stereocenters. The van der Waals surface area contributed by atoms with Gasteiger partial charge in [0.15, 0.2) is 6.10 Å². The van der Waals surface area contributed by atoms with Gasteiger partial charge in [0, 0.05) is 17.3 Å². The van der Waals surface area contributed by atoms with E-state index in [4.69, 9.17) is 10.5 Å². The van der Waals surface area contributed by atoms with E-state index in [0.717, 1.165) is 22.5 Å². The Morgan fingerprint density at radius 2 is 1.80 bits per heavy atom. The number of benzene rings is 1. The molecular weight excluding hydrogens is 384 g/mol. The van der Waals surface area contributed by atoms with Gasteiger partial charge in [-0.2, -0.15) is 5.10 Å². The van der Waals surface area contributed by atoms with Crippen molar-refractivity contribution in [2.24, 2.45) is 11.7 Å². The standard InChI is InChI=1S/C22H28N4O4/c1-13(2)20(21(28)24-22(23)29)30-19(27)11-10-18-15(4)25-26(16(18)5)12-17-8-6-14(3)7-9-17/h6-11,13,20H,12H2,1-5H3,(H3,23,24,28,29)/b11-10+. The van der Waals surface area contributed by atoms with Gasteiger partial charge in [-0.05, 0) is 38.3 Å². The maximum atomic E-state index is 12.2. The first kappa shape index (κ1) is 22.9. The monoisotopic (exact) mass is 412 g/mol. The van der Waals surface area contributed by atoms with Crippen molar-refractivity contribution < 1.29 is 19.1 Å². The fraction of sp³-hybridized carbons (Fsp3) is 0.364. The predicted molar refractivity (Wildman–Crippen MR) is 113 cm³/mol. The summed E-state index contributed by atoms with van der Waals surface area (Å²) in [5.74, 6) is -1.78. The number of hydrogen-bond donors (Lipinski definition) is 2. The quantitative estimate of drug-likeness (QED) is 0.536. The number of nitrogens with two attached hydrogens (primary N) is 1. The number of amides is 3. The van der Waals surface area contributed by atoms with E-state index in [-0.39, 0.29) is 5.92 Å². The summed E-state index contributed by atoms with van der Waals surface area (Å²) in [6.07, 6.45) is 1.75. The summed E-state index contributed by atoms with van der Waals surface area (Å²) in [6.45, 7) is 9.85. The molecule has 0 bridgehead atoms. The van der Waals surface area contributed by atoms with Gasteiger partial charge >= 0.3 is 12.0 Å². The van der Waals surface area contributed by atoms with Crippen LogP contribution in [0.15, 0.2) is 30.3 Å². The number of primary amides is 1. The van der Waals surface area contributed by atoms with Crippen LogP contribution in [0.3, 0.4) is 0 Å². The van der Waals surface area contributed by atoms with Crippen LogP contribution in [0.4, 0.5) is 4.79 Å². The smallest absolute Gasteiger partial charge is 0.331 e. The lowest BCUT2D eigenvalue weighted by atomic mass is 10.1.